The van der Waals surface area contributed by atoms with Crippen LogP contribution in [0.2, 0.25) is 5.02 Å². The zero-order chi connectivity index (χ0) is 22.9. The highest BCUT2D eigenvalue weighted by Crippen LogP contribution is 2.37. The fraction of sp³-hybridized carbons (Fsp3) is 0.174. The van der Waals surface area contributed by atoms with Crippen molar-refractivity contribution in [2.24, 2.45) is 0 Å². The first-order valence-electron chi connectivity index (χ1n) is 9.96. The van der Waals surface area contributed by atoms with Crippen LogP contribution in [0.5, 0.6) is 0 Å². The van der Waals surface area contributed by atoms with Crippen molar-refractivity contribution < 1.29 is 13.5 Å². The molecule has 4 rings (SSSR count). The highest BCUT2D eigenvalue weighted by atomic mass is 35.5. The summed E-state index contributed by atoms with van der Waals surface area (Å²) in [4.78, 5) is 2.00. The summed E-state index contributed by atoms with van der Waals surface area (Å²) >= 11 is 8.02. The first kappa shape index (κ1) is 22.5. The number of sulfonamides is 1. The molecule has 0 aliphatic rings. The molecule has 6 nitrogen and oxygen atoms in total. The Morgan fingerprint density at radius 2 is 1.78 bits per heavy atom. The van der Waals surface area contributed by atoms with E-state index in [0.717, 1.165) is 33.0 Å². The van der Waals surface area contributed by atoms with E-state index in [1.807, 2.05) is 61.5 Å². The van der Waals surface area contributed by atoms with Gasteiger partial charge in [0.25, 0.3) is 0 Å². The molecule has 0 bridgehead atoms. The van der Waals surface area contributed by atoms with E-state index < -0.39 is 16.1 Å². The molecule has 4 aromatic rings. The number of nitrogens with zero attached hydrogens (tertiary/aromatic N) is 2. The monoisotopic (exact) mass is 487 g/mol. The quantitative estimate of drug-likeness (QED) is 0.348. The van der Waals surface area contributed by atoms with Gasteiger partial charge in [-0.3, -0.25) is 4.72 Å². The van der Waals surface area contributed by atoms with Gasteiger partial charge in [-0.2, -0.15) is 5.10 Å². The van der Waals surface area contributed by atoms with Gasteiger partial charge in [0.1, 0.15) is 0 Å². The minimum atomic E-state index is -3.32. The Hall–Kier alpha value is -2.65. The Morgan fingerprint density at radius 1 is 1.09 bits per heavy atom. The third kappa shape index (κ3) is 4.88. The zero-order valence-electron chi connectivity index (χ0n) is 17.5. The van der Waals surface area contributed by atoms with Gasteiger partial charge in [0, 0.05) is 10.6 Å². The number of hydrogen-bond donors (Lipinski definition) is 2. The Balaban J connectivity index is 1.72. The van der Waals surface area contributed by atoms with Gasteiger partial charge in [0.2, 0.25) is 10.0 Å². The lowest BCUT2D eigenvalue weighted by Crippen LogP contribution is -2.09. The van der Waals surface area contributed by atoms with E-state index in [2.05, 4.69) is 9.82 Å². The molecule has 166 valence electrons. The van der Waals surface area contributed by atoms with Crippen LogP contribution in [0.25, 0.3) is 26.7 Å². The van der Waals surface area contributed by atoms with Gasteiger partial charge in [0.15, 0.2) is 0 Å². The van der Waals surface area contributed by atoms with E-state index in [-0.39, 0.29) is 0 Å². The summed E-state index contributed by atoms with van der Waals surface area (Å²) in [6.45, 7) is 1.91. The molecule has 1 unspecified atom stereocenters. The predicted octanol–water partition coefficient (Wildman–Crippen LogP) is 5.74. The Kier molecular flexibility index (Phi) is 6.39. The smallest absolute Gasteiger partial charge is 0.229 e. The summed E-state index contributed by atoms with van der Waals surface area (Å²) in [5.41, 5.74) is 3.66. The summed E-state index contributed by atoms with van der Waals surface area (Å²) in [6.07, 6.45) is 1.02. The van der Waals surface area contributed by atoms with E-state index in [1.54, 1.807) is 28.2 Å². The van der Waals surface area contributed by atoms with Crippen molar-refractivity contribution in [3.8, 4) is 26.7 Å². The molecule has 0 aliphatic carbocycles. The van der Waals surface area contributed by atoms with E-state index in [1.165, 1.54) is 0 Å². The molecule has 9 heteroatoms. The molecule has 0 spiro atoms. The summed E-state index contributed by atoms with van der Waals surface area (Å²) in [6, 6.07) is 20.6. The maximum atomic E-state index is 11.4. The lowest BCUT2D eigenvalue weighted by Gasteiger charge is -2.08. The molecule has 0 radical (unpaired) electrons. The number of aliphatic hydroxyl groups excluding tert-OH is 1. The molecular formula is C23H22ClN3O3S2. The zero-order valence-corrected chi connectivity index (χ0v) is 19.9. The average molecular weight is 488 g/mol. The number of aliphatic hydroxyl groups is 1. The number of nitrogens with one attached hydrogen (secondary N) is 1. The van der Waals surface area contributed by atoms with E-state index in [4.69, 9.17) is 11.6 Å². The number of aromatic nitrogens is 2. The molecule has 2 aromatic heterocycles. The van der Waals surface area contributed by atoms with Crippen molar-refractivity contribution in [2.45, 2.75) is 19.4 Å². The van der Waals surface area contributed by atoms with Crippen LogP contribution in [0.4, 0.5) is 5.69 Å². The molecule has 32 heavy (non-hydrogen) atoms. The van der Waals surface area contributed by atoms with Crippen molar-refractivity contribution in [1.82, 2.24) is 9.78 Å². The topological polar surface area (TPSA) is 84.2 Å². The van der Waals surface area contributed by atoms with Gasteiger partial charge < -0.3 is 5.11 Å². The second-order valence-electron chi connectivity index (χ2n) is 7.36. The number of anilines is 1. The SMILES string of the molecule is CCC(O)c1cc(-c2ccc(-c3ccc(NS(C)(=O)=O)cc3)s2)n(-c2ccccc2Cl)n1. The Labute approximate surface area is 196 Å². The van der Waals surface area contributed by atoms with E-state index in [0.29, 0.717) is 22.8 Å². The molecule has 2 aromatic carbocycles. The molecule has 2 heterocycles. The third-order valence-electron chi connectivity index (χ3n) is 4.87. The van der Waals surface area contributed by atoms with Gasteiger partial charge in [-0.1, -0.05) is 42.8 Å². The second-order valence-corrected chi connectivity index (χ2v) is 10.6. The first-order valence-corrected chi connectivity index (χ1v) is 13.0. The summed E-state index contributed by atoms with van der Waals surface area (Å²) in [7, 11) is -3.32. The molecule has 1 atom stereocenters. The molecule has 0 aliphatic heterocycles. The molecule has 0 saturated heterocycles. The molecule has 0 amide bonds. The van der Waals surface area contributed by atoms with Gasteiger partial charge >= 0.3 is 0 Å². The van der Waals surface area contributed by atoms with Gasteiger partial charge in [0.05, 0.1) is 39.3 Å². The minimum Gasteiger partial charge on any atom is -0.387 e. The number of thiophene rings is 1. The van der Waals surface area contributed by atoms with Crippen molar-refractivity contribution in [2.75, 3.05) is 11.0 Å². The van der Waals surface area contributed by atoms with Gasteiger partial charge in [-0.25, -0.2) is 13.1 Å². The van der Waals surface area contributed by atoms with Crippen LogP contribution in [0.15, 0.2) is 66.7 Å². The normalized spacial score (nSPS) is 12.6. The molecule has 0 fully saturated rings. The van der Waals surface area contributed by atoms with Crippen LogP contribution < -0.4 is 4.72 Å². The van der Waals surface area contributed by atoms with Crippen molar-refractivity contribution in [3.63, 3.8) is 0 Å². The lowest BCUT2D eigenvalue weighted by atomic mass is 10.1. The maximum Gasteiger partial charge on any atom is 0.229 e. The van der Waals surface area contributed by atoms with E-state index >= 15 is 0 Å². The fourth-order valence-electron chi connectivity index (χ4n) is 3.30. The standard InChI is InChI=1S/C23H22ClN3O3S2/c1-3-21(28)18-14-20(27(25-18)19-7-5-4-6-17(19)24)23-13-12-22(31-23)15-8-10-16(11-9-15)26-32(2,29)30/h4-14,21,26,28H,3H2,1-2H3. The van der Waals surface area contributed by atoms with Gasteiger partial charge in [-0.15, -0.1) is 11.3 Å². The lowest BCUT2D eigenvalue weighted by molar-refractivity contribution is 0.168. The summed E-state index contributed by atoms with van der Waals surface area (Å²) in [5, 5.41) is 15.6. The van der Waals surface area contributed by atoms with Crippen molar-refractivity contribution >= 4 is 38.6 Å². The third-order valence-corrected chi connectivity index (χ3v) is 6.95. The summed E-state index contributed by atoms with van der Waals surface area (Å²) in [5.74, 6) is 0. The molecular weight excluding hydrogens is 466 g/mol. The average Bonchev–Trinajstić information content (AvgIpc) is 3.40. The highest BCUT2D eigenvalue weighted by molar-refractivity contribution is 7.92. The van der Waals surface area contributed by atoms with Gasteiger partial charge in [-0.05, 0) is 54.4 Å². The first-order chi connectivity index (χ1) is 15.2. The number of hydrogen-bond acceptors (Lipinski definition) is 5. The number of halogens is 1. The van der Waals surface area contributed by atoms with E-state index in [9.17, 15) is 13.5 Å². The largest absolute Gasteiger partial charge is 0.387 e. The predicted molar refractivity (Wildman–Crippen MR) is 131 cm³/mol. The Bertz CT molecular complexity index is 1350. The van der Waals surface area contributed by atoms with Crippen LogP contribution in [-0.4, -0.2) is 29.6 Å². The Morgan fingerprint density at radius 3 is 2.44 bits per heavy atom. The van der Waals surface area contributed by atoms with Crippen molar-refractivity contribution in [1.29, 1.82) is 0 Å². The molecule has 2 N–H and O–H groups in total. The maximum absolute atomic E-state index is 11.4. The minimum absolute atomic E-state index is 0.517. The highest BCUT2D eigenvalue weighted by Gasteiger charge is 2.19. The number of para-hydroxylation sites is 1. The van der Waals surface area contributed by atoms with Crippen LogP contribution in [0, 0.1) is 0 Å². The van der Waals surface area contributed by atoms with Crippen LogP contribution >= 0.6 is 22.9 Å². The van der Waals surface area contributed by atoms with Crippen LogP contribution in [0.1, 0.15) is 25.1 Å². The second kappa shape index (κ2) is 9.07. The molecule has 0 saturated carbocycles. The summed E-state index contributed by atoms with van der Waals surface area (Å²) < 4.78 is 27.1. The fourth-order valence-corrected chi connectivity index (χ4v) is 5.09. The number of rotatable bonds is 7. The van der Waals surface area contributed by atoms with Crippen molar-refractivity contribution in [3.05, 3.63) is 77.4 Å². The number of benzene rings is 2. The van der Waals surface area contributed by atoms with Crippen LogP contribution in [0.3, 0.4) is 0 Å². The van der Waals surface area contributed by atoms with Crippen LogP contribution in [-0.2, 0) is 10.0 Å².